The average Bonchev–Trinajstić information content (AvgIpc) is 2.79. The van der Waals surface area contributed by atoms with Gasteiger partial charge in [-0.2, -0.15) is 0 Å². The van der Waals surface area contributed by atoms with Crippen LogP contribution in [-0.2, 0) is 14.8 Å². The lowest BCUT2D eigenvalue weighted by Crippen LogP contribution is -2.30. The molecular formula is C23H20N4O6S. The number of nitrogens with zero attached hydrogens (tertiary/aromatic N) is 2. The lowest BCUT2D eigenvalue weighted by Gasteiger charge is -2.15. The topological polar surface area (TPSA) is 140 Å². The number of rotatable bonds is 7. The molecule has 2 heterocycles. The third-order valence-corrected chi connectivity index (χ3v) is 6.17. The van der Waals surface area contributed by atoms with Gasteiger partial charge in [0.25, 0.3) is 15.9 Å². The quantitative estimate of drug-likeness (QED) is 0.385. The summed E-state index contributed by atoms with van der Waals surface area (Å²) in [5.41, 5.74) is 1.06. The summed E-state index contributed by atoms with van der Waals surface area (Å²) >= 11 is 0. The van der Waals surface area contributed by atoms with Crippen molar-refractivity contribution < 1.29 is 22.4 Å². The van der Waals surface area contributed by atoms with Crippen molar-refractivity contribution in [2.24, 2.45) is 0 Å². The summed E-state index contributed by atoms with van der Waals surface area (Å²) in [7, 11) is -3.88. The lowest BCUT2D eigenvalue weighted by atomic mass is 10.1. The number of sulfonamides is 1. The molecule has 2 aromatic carbocycles. The maximum absolute atomic E-state index is 12.6. The van der Waals surface area contributed by atoms with Crippen molar-refractivity contribution in [1.29, 1.82) is 0 Å². The first-order chi connectivity index (χ1) is 16.2. The van der Waals surface area contributed by atoms with Crippen molar-refractivity contribution in [3.05, 3.63) is 83.0 Å². The standard InChI is InChI=1S/C23H20N4O6S/c1-14-12-21(28)33-20-13-17(6-9-19(14)20)32-15(2)22(29)26-16-4-7-18(8-5-16)34(30,31)27-23-24-10-3-11-25-23/h3-13,15H,1-2H3,(H,26,29)(H,24,25,27)/t15-/m0/s1. The molecule has 2 aromatic heterocycles. The number of aromatic nitrogens is 2. The second-order valence-corrected chi connectivity index (χ2v) is 9.04. The zero-order chi connectivity index (χ0) is 24.3. The first-order valence-corrected chi connectivity index (χ1v) is 11.6. The van der Waals surface area contributed by atoms with Crippen LogP contribution in [0, 0.1) is 6.92 Å². The minimum Gasteiger partial charge on any atom is -0.481 e. The van der Waals surface area contributed by atoms with Gasteiger partial charge in [0.1, 0.15) is 11.3 Å². The van der Waals surface area contributed by atoms with Crippen LogP contribution in [0.15, 0.2) is 81.1 Å². The molecule has 0 saturated heterocycles. The van der Waals surface area contributed by atoms with Crippen molar-refractivity contribution in [2.45, 2.75) is 24.8 Å². The van der Waals surface area contributed by atoms with E-state index in [4.69, 9.17) is 9.15 Å². The van der Waals surface area contributed by atoms with E-state index < -0.39 is 27.7 Å². The molecule has 0 fully saturated rings. The van der Waals surface area contributed by atoms with Gasteiger partial charge in [-0.25, -0.2) is 27.9 Å². The molecule has 0 aliphatic rings. The smallest absolute Gasteiger partial charge is 0.336 e. The van der Waals surface area contributed by atoms with Crippen LogP contribution < -0.4 is 20.4 Å². The van der Waals surface area contributed by atoms with E-state index in [1.165, 1.54) is 42.7 Å². The molecule has 11 heteroatoms. The number of carbonyl (C=O) groups excluding carboxylic acids is 1. The number of ether oxygens (including phenoxy) is 1. The number of benzene rings is 2. The van der Waals surface area contributed by atoms with E-state index in [9.17, 15) is 18.0 Å². The van der Waals surface area contributed by atoms with Crippen molar-refractivity contribution >= 4 is 38.5 Å². The van der Waals surface area contributed by atoms with Crippen LogP contribution in [0.1, 0.15) is 12.5 Å². The van der Waals surface area contributed by atoms with E-state index >= 15 is 0 Å². The number of hydrogen-bond acceptors (Lipinski definition) is 8. The second-order valence-electron chi connectivity index (χ2n) is 7.36. The number of amides is 1. The van der Waals surface area contributed by atoms with E-state index in [0.29, 0.717) is 17.0 Å². The van der Waals surface area contributed by atoms with Gasteiger partial charge in [0.2, 0.25) is 5.95 Å². The molecule has 0 radical (unpaired) electrons. The number of aryl methyl sites for hydroxylation is 1. The Morgan fingerprint density at radius 3 is 2.47 bits per heavy atom. The van der Waals surface area contributed by atoms with Crippen molar-refractivity contribution in [3.8, 4) is 5.75 Å². The monoisotopic (exact) mass is 480 g/mol. The third kappa shape index (κ3) is 5.21. The van der Waals surface area contributed by atoms with Crippen LogP contribution in [0.2, 0.25) is 0 Å². The van der Waals surface area contributed by atoms with Crippen LogP contribution in [-0.4, -0.2) is 30.4 Å². The Labute approximate surface area is 194 Å². The fraction of sp³-hybridized carbons (Fsp3) is 0.130. The Balaban J connectivity index is 1.41. The van der Waals surface area contributed by atoms with Crippen molar-refractivity contribution in [1.82, 2.24) is 9.97 Å². The average molecular weight is 481 g/mol. The predicted octanol–water partition coefficient (Wildman–Crippen LogP) is 3.10. The number of carbonyl (C=O) groups is 1. The fourth-order valence-electron chi connectivity index (χ4n) is 3.13. The molecule has 0 aliphatic heterocycles. The minimum atomic E-state index is -3.88. The fourth-order valence-corrected chi connectivity index (χ4v) is 4.09. The highest BCUT2D eigenvalue weighted by Crippen LogP contribution is 2.23. The molecule has 34 heavy (non-hydrogen) atoms. The first-order valence-electron chi connectivity index (χ1n) is 10.1. The molecule has 0 aliphatic carbocycles. The van der Waals surface area contributed by atoms with E-state index in [0.717, 1.165) is 10.9 Å². The van der Waals surface area contributed by atoms with Gasteiger partial charge < -0.3 is 14.5 Å². The predicted molar refractivity (Wildman–Crippen MR) is 125 cm³/mol. The van der Waals surface area contributed by atoms with E-state index in [1.54, 1.807) is 38.1 Å². The number of anilines is 2. The second kappa shape index (κ2) is 9.32. The number of hydrogen-bond donors (Lipinski definition) is 2. The van der Waals surface area contributed by atoms with Crippen LogP contribution in [0.3, 0.4) is 0 Å². The SMILES string of the molecule is Cc1cc(=O)oc2cc(O[C@@H](C)C(=O)Nc3ccc(S(=O)(=O)Nc4ncccn4)cc3)ccc12. The normalized spacial score (nSPS) is 12.2. The van der Waals surface area contributed by atoms with E-state index in [-0.39, 0.29) is 10.8 Å². The Kier molecular flexibility index (Phi) is 6.28. The molecule has 0 spiro atoms. The highest BCUT2D eigenvalue weighted by molar-refractivity contribution is 7.92. The van der Waals surface area contributed by atoms with Gasteiger partial charge in [0.15, 0.2) is 6.10 Å². The zero-order valence-electron chi connectivity index (χ0n) is 18.2. The van der Waals surface area contributed by atoms with Gasteiger partial charge in [0.05, 0.1) is 4.90 Å². The Bertz CT molecular complexity index is 1500. The number of nitrogens with one attached hydrogen (secondary N) is 2. The summed E-state index contributed by atoms with van der Waals surface area (Å²) in [5.74, 6) is -0.134. The van der Waals surface area contributed by atoms with Gasteiger partial charge in [0, 0.05) is 35.6 Å². The van der Waals surface area contributed by atoms with Gasteiger partial charge >= 0.3 is 5.63 Å². The largest absolute Gasteiger partial charge is 0.481 e. The molecule has 10 nitrogen and oxygen atoms in total. The Hall–Kier alpha value is -4.25. The molecule has 174 valence electrons. The minimum absolute atomic E-state index is 0.0183. The molecule has 4 rings (SSSR count). The molecule has 0 saturated carbocycles. The molecule has 0 bridgehead atoms. The van der Waals surface area contributed by atoms with Gasteiger partial charge in [-0.05, 0) is 61.9 Å². The van der Waals surface area contributed by atoms with Crippen LogP contribution in [0.5, 0.6) is 5.75 Å². The van der Waals surface area contributed by atoms with Crippen LogP contribution in [0.4, 0.5) is 11.6 Å². The molecule has 1 atom stereocenters. The Morgan fingerprint density at radius 1 is 1.06 bits per heavy atom. The molecule has 1 amide bonds. The first kappa shape index (κ1) is 22.9. The van der Waals surface area contributed by atoms with E-state index in [1.807, 2.05) is 0 Å². The highest BCUT2D eigenvalue weighted by Gasteiger charge is 2.18. The maximum Gasteiger partial charge on any atom is 0.336 e. The summed E-state index contributed by atoms with van der Waals surface area (Å²) in [4.78, 5) is 31.8. The van der Waals surface area contributed by atoms with Gasteiger partial charge in [-0.1, -0.05) is 0 Å². The lowest BCUT2D eigenvalue weighted by molar-refractivity contribution is -0.122. The van der Waals surface area contributed by atoms with Gasteiger partial charge in [-0.3, -0.25) is 4.79 Å². The summed E-state index contributed by atoms with van der Waals surface area (Å²) in [5, 5.41) is 3.44. The van der Waals surface area contributed by atoms with Crippen molar-refractivity contribution in [2.75, 3.05) is 10.0 Å². The molecule has 4 aromatic rings. The van der Waals surface area contributed by atoms with E-state index in [2.05, 4.69) is 20.0 Å². The maximum atomic E-state index is 12.6. The summed E-state index contributed by atoms with van der Waals surface area (Å²) in [6.07, 6.45) is 1.96. The molecule has 0 unspecified atom stereocenters. The third-order valence-electron chi connectivity index (χ3n) is 4.83. The van der Waals surface area contributed by atoms with Crippen LogP contribution >= 0.6 is 0 Å². The number of fused-ring (bicyclic) bond motifs is 1. The summed E-state index contributed by atoms with van der Waals surface area (Å²) < 4.78 is 38.1. The summed E-state index contributed by atoms with van der Waals surface area (Å²) in [6, 6.07) is 13.6. The van der Waals surface area contributed by atoms with Crippen LogP contribution in [0.25, 0.3) is 11.0 Å². The molecular weight excluding hydrogens is 460 g/mol. The van der Waals surface area contributed by atoms with Crippen molar-refractivity contribution in [3.63, 3.8) is 0 Å². The van der Waals surface area contributed by atoms with Gasteiger partial charge in [-0.15, -0.1) is 0 Å². The molecule has 2 N–H and O–H groups in total. The zero-order valence-corrected chi connectivity index (χ0v) is 19.0. The highest BCUT2D eigenvalue weighted by atomic mass is 32.2. The summed E-state index contributed by atoms with van der Waals surface area (Å²) in [6.45, 7) is 3.37. The Morgan fingerprint density at radius 2 is 1.76 bits per heavy atom.